The molecular weight excluding hydrogens is 334 g/mol. The normalized spacial score (nSPS) is 11.0. The van der Waals surface area contributed by atoms with Gasteiger partial charge in [-0.05, 0) is 36.2 Å². The first-order valence-corrected chi connectivity index (χ1v) is 7.29. The lowest BCUT2D eigenvalue weighted by Crippen LogP contribution is -2.26. The lowest BCUT2D eigenvalue weighted by Gasteiger charge is -2.09. The van der Waals surface area contributed by atoms with Gasteiger partial charge in [0.05, 0.1) is 5.39 Å². The van der Waals surface area contributed by atoms with Crippen LogP contribution in [0.25, 0.3) is 11.0 Å². The molecule has 0 bridgehead atoms. The molecule has 0 aliphatic rings. The van der Waals surface area contributed by atoms with E-state index in [1.54, 1.807) is 0 Å². The van der Waals surface area contributed by atoms with Gasteiger partial charge in [-0.15, -0.1) is 4.73 Å². The van der Waals surface area contributed by atoms with Crippen LogP contribution in [-0.4, -0.2) is 25.8 Å². The minimum atomic E-state index is -1.10. The zero-order chi connectivity index (χ0) is 18.1. The summed E-state index contributed by atoms with van der Waals surface area (Å²) in [5.41, 5.74) is -1.50. The van der Waals surface area contributed by atoms with Gasteiger partial charge >= 0.3 is 0 Å². The first-order valence-electron chi connectivity index (χ1n) is 7.29. The van der Waals surface area contributed by atoms with Crippen LogP contribution in [0, 0.1) is 11.6 Å². The van der Waals surface area contributed by atoms with E-state index in [9.17, 15) is 28.7 Å². The smallest absolute Gasteiger partial charge is 0.299 e. The number of pyridine rings is 2. The topological polar surface area (TPSA) is 92.4 Å². The average molecular weight is 346 g/mol. The maximum absolute atomic E-state index is 13.2. The molecule has 0 aliphatic heterocycles. The number of aromatic nitrogens is 2. The van der Waals surface area contributed by atoms with Crippen molar-refractivity contribution < 1.29 is 23.9 Å². The Morgan fingerprint density at radius 1 is 1.20 bits per heavy atom. The molecule has 0 saturated carbocycles. The van der Waals surface area contributed by atoms with Crippen molar-refractivity contribution in [2.75, 3.05) is 0 Å². The number of halogens is 2. The first-order chi connectivity index (χ1) is 11.9. The molecule has 0 radical (unpaired) electrons. The van der Waals surface area contributed by atoms with E-state index in [-0.39, 0.29) is 28.6 Å². The summed E-state index contributed by atoms with van der Waals surface area (Å²) in [7, 11) is 0. The second-order valence-electron chi connectivity index (χ2n) is 5.39. The molecule has 3 aromatic rings. The van der Waals surface area contributed by atoms with Gasteiger partial charge in [-0.25, -0.2) is 13.8 Å². The number of carbonyl (C=O) groups excluding carboxylic acids is 1. The summed E-state index contributed by atoms with van der Waals surface area (Å²) in [5, 5.41) is 20.1. The van der Waals surface area contributed by atoms with E-state index in [1.165, 1.54) is 24.4 Å². The fraction of sp³-hybridized carbons (Fsp3) is 0.118. The number of aromatic hydroxyl groups is 1. The zero-order valence-corrected chi connectivity index (χ0v) is 12.7. The van der Waals surface area contributed by atoms with Crippen molar-refractivity contribution in [3.05, 3.63) is 69.6 Å². The minimum Gasteiger partial charge on any atom is -0.506 e. The lowest BCUT2D eigenvalue weighted by atomic mass is 10.0. The number of hydrogen-bond acceptors (Lipinski definition) is 5. The number of carbonyl (C=O) groups is 1. The van der Waals surface area contributed by atoms with Crippen molar-refractivity contribution in [2.24, 2.45) is 0 Å². The lowest BCUT2D eigenvalue weighted by molar-refractivity contribution is 0.0972. The van der Waals surface area contributed by atoms with Crippen molar-refractivity contribution in [2.45, 2.75) is 12.8 Å². The quantitative estimate of drug-likeness (QED) is 0.559. The van der Waals surface area contributed by atoms with E-state index in [2.05, 4.69) is 4.98 Å². The third-order valence-corrected chi connectivity index (χ3v) is 3.79. The molecule has 0 saturated heterocycles. The van der Waals surface area contributed by atoms with E-state index in [0.29, 0.717) is 5.56 Å². The molecule has 2 aromatic heterocycles. The molecule has 0 atom stereocenters. The molecule has 0 fully saturated rings. The van der Waals surface area contributed by atoms with Crippen molar-refractivity contribution in [1.82, 2.24) is 9.71 Å². The van der Waals surface area contributed by atoms with Crippen molar-refractivity contribution in [3.8, 4) is 5.75 Å². The van der Waals surface area contributed by atoms with Gasteiger partial charge in [0.1, 0.15) is 11.3 Å². The van der Waals surface area contributed by atoms with Gasteiger partial charge in [0.25, 0.3) is 5.56 Å². The Morgan fingerprint density at radius 2 is 1.96 bits per heavy atom. The Morgan fingerprint density at radius 3 is 2.68 bits per heavy atom. The van der Waals surface area contributed by atoms with E-state index in [0.717, 1.165) is 12.1 Å². The van der Waals surface area contributed by atoms with E-state index < -0.39 is 34.3 Å². The number of rotatable bonds is 4. The number of hydrogen-bond donors (Lipinski definition) is 2. The molecule has 8 heteroatoms. The van der Waals surface area contributed by atoms with Crippen LogP contribution in [0.5, 0.6) is 5.75 Å². The predicted molar refractivity (Wildman–Crippen MR) is 83.9 cm³/mol. The number of nitrogens with zero attached hydrogens (tertiary/aromatic N) is 2. The summed E-state index contributed by atoms with van der Waals surface area (Å²) in [6, 6.07) is 6.09. The zero-order valence-electron chi connectivity index (χ0n) is 12.7. The summed E-state index contributed by atoms with van der Waals surface area (Å²) >= 11 is 0. The van der Waals surface area contributed by atoms with Crippen LogP contribution in [0.15, 0.2) is 41.3 Å². The summed E-state index contributed by atoms with van der Waals surface area (Å²) in [4.78, 5) is 28.3. The maximum atomic E-state index is 13.2. The standard InChI is InChI=1S/C17H12F2N2O4/c18-11-5-3-9(8-12(11)19)4-6-13(22)14-15(23)10-2-1-7-20-16(10)21(25)17(14)24/h1-3,5,7-8,23,25H,4,6H2. The van der Waals surface area contributed by atoms with Gasteiger partial charge in [0.2, 0.25) is 0 Å². The van der Waals surface area contributed by atoms with Crippen molar-refractivity contribution >= 4 is 16.8 Å². The van der Waals surface area contributed by atoms with Crippen LogP contribution >= 0.6 is 0 Å². The van der Waals surface area contributed by atoms with E-state index in [1.807, 2.05) is 0 Å². The highest BCUT2D eigenvalue weighted by Gasteiger charge is 2.22. The van der Waals surface area contributed by atoms with Crippen LogP contribution in [0.2, 0.25) is 0 Å². The number of Topliss-reactive ketones (excluding diaryl/α,β-unsaturated/α-hetero) is 1. The van der Waals surface area contributed by atoms with Crippen LogP contribution < -0.4 is 5.56 Å². The summed E-state index contributed by atoms with van der Waals surface area (Å²) < 4.78 is 26.3. The SMILES string of the molecule is O=C(CCc1ccc(F)c(F)c1)c1c(O)c2cccnc2n(O)c1=O. The van der Waals surface area contributed by atoms with E-state index in [4.69, 9.17) is 0 Å². The third-order valence-electron chi connectivity index (χ3n) is 3.79. The van der Waals surface area contributed by atoms with Gasteiger partial charge in [-0.3, -0.25) is 9.59 Å². The highest BCUT2D eigenvalue weighted by molar-refractivity contribution is 6.02. The molecule has 6 nitrogen and oxygen atoms in total. The van der Waals surface area contributed by atoms with Crippen molar-refractivity contribution in [3.63, 3.8) is 0 Å². The molecule has 1 aromatic carbocycles. The highest BCUT2D eigenvalue weighted by atomic mass is 19.2. The molecule has 0 spiro atoms. The van der Waals surface area contributed by atoms with Gasteiger partial charge in [0.15, 0.2) is 23.1 Å². The molecule has 2 N–H and O–H groups in total. The van der Waals surface area contributed by atoms with Crippen molar-refractivity contribution in [1.29, 1.82) is 0 Å². The van der Waals surface area contributed by atoms with Gasteiger partial charge < -0.3 is 10.3 Å². The fourth-order valence-corrected chi connectivity index (χ4v) is 2.52. The Labute approximate surface area is 139 Å². The molecule has 2 heterocycles. The van der Waals surface area contributed by atoms with Crippen LogP contribution in [0.4, 0.5) is 8.78 Å². The number of fused-ring (bicyclic) bond motifs is 1. The number of aryl methyl sites for hydroxylation is 1. The van der Waals surface area contributed by atoms with Gasteiger partial charge in [-0.1, -0.05) is 6.07 Å². The van der Waals surface area contributed by atoms with Crippen LogP contribution in [0.1, 0.15) is 22.3 Å². The average Bonchev–Trinajstić information content (AvgIpc) is 2.61. The largest absolute Gasteiger partial charge is 0.506 e. The second-order valence-corrected chi connectivity index (χ2v) is 5.39. The monoisotopic (exact) mass is 346 g/mol. The number of ketones is 1. The molecule has 0 unspecified atom stereocenters. The Kier molecular flexibility index (Phi) is 4.18. The highest BCUT2D eigenvalue weighted by Crippen LogP contribution is 2.25. The Bertz CT molecular complexity index is 1050. The van der Waals surface area contributed by atoms with Crippen LogP contribution in [-0.2, 0) is 6.42 Å². The summed E-state index contributed by atoms with van der Waals surface area (Å²) in [5.74, 6) is -3.35. The maximum Gasteiger partial charge on any atom is 0.299 e. The number of benzene rings is 1. The second kappa shape index (κ2) is 6.31. The molecule has 0 aliphatic carbocycles. The summed E-state index contributed by atoms with van der Waals surface area (Å²) in [6.07, 6.45) is 1.11. The van der Waals surface area contributed by atoms with Gasteiger partial charge in [0, 0.05) is 12.6 Å². The molecule has 0 amide bonds. The predicted octanol–water partition coefficient (Wildman–Crippen LogP) is 2.43. The van der Waals surface area contributed by atoms with Gasteiger partial charge in [-0.2, -0.15) is 0 Å². The Hall–Kier alpha value is -3.29. The van der Waals surface area contributed by atoms with Crippen LogP contribution in [0.3, 0.4) is 0 Å². The molecule has 3 rings (SSSR count). The Balaban J connectivity index is 1.94. The molecule has 128 valence electrons. The fourth-order valence-electron chi connectivity index (χ4n) is 2.52. The molecular formula is C17H12F2N2O4. The minimum absolute atomic E-state index is 0.0332. The third kappa shape index (κ3) is 2.93. The summed E-state index contributed by atoms with van der Waals surface area (Å²) in [6.45, 7) is 0. The first kappa shape index (κ1) is 16.6. The molecule has 25 heavy (non-hydrogen) atoms. The van der Waals surface area contributed by atoms with E-state index >= 15 is 0 Å².